The number of aromatic nitrogens is 3. The summed E-state index contributed by atoms with van der Waals surface area (Å²) in [4.78, 5) is 29.8. The van der Waals surface area contributed by atoms with Gasteiger partial charge in [-0.2, -0.15) is 4.98 Å². The first-order valence-electron chi connectivity index (χ1n) is 15.5. The van der Waals surface area contributed by atoms with Crippen LogP contribution in [0, 0.1) is 19.3 Å². The molecule has 4 bridgehead atoms. The summed E-state index contributed by atoms with van der Waals surface area (Å²) in [6.07, 6.45) is 2.46. The molecule has 2 aromatic heterocycles. The SMILES string of the molecule is Cc1cccc(C)c1-c1cc2nc(n1)NS(=O)(=O)c1cccc(c1)C(=O)N(Cc1ccc(C(C)(C)C)cn1)[C@H](CC(C)(C)C)CO2. The molecule has 1 atom stereocenters. The number of hydrogen-bond acceptors (Lipinski definition) is 7. The van der Waals surface area contributed by atoms with Crippen LogP contribution in [0.3, 0.4) is 0 Å². The second-order valence-electron chi connectivity index (χ2n) is 14.3. The second kappa shape index (κ2) is 12.5. The van der Waals surface area contributed by atoms with Gasteiger partial charge in [0.2, 0.25) is 11.8 Å². The lowest BCUT2D eigenvalue weighted by Gasteiger charge is -2.35. The highest BCUT2D eigenvalue weighted by Crippen LogP contribution is 2.32. The van der Waals surface area contributed by atoms with E-state index in [1.54, 1.807) is 23.1 Å². The molecule has 2 aromatic carbocycles. The number of sulfonamides is 1. The van der Waals surface area contributed by atoms with Gasteiger partial charge in [0, 0.05) is 23.4 Å². The van der Waals surface area contributed by atoms with Crippen molar-refractivity contribution >= 4 is 21.9 Å². The number of anilines is 1. The molecule has 1 N–H and O–H groups in total. The summed E-state index contributed by atoms with van der Waals surface area (Å²) in [5, 5.41) is 0. The van der Waals surface area contributed by atoms with Crippen molar-refractivity contribution in [2.24, 2.45) is 5.41 Å². The molecule has 0 fully saturated rings. The van der Waals surface area contributed by atoms with Crippen LogP contribution in [0.15, 0.2) is 71.8 Å². The maximum Gasteiger partial charge on any atom is 0.264 e. The highest BCUT2D eigenvalue weighted by molar-refractivity contribution is 7.92. The maximum absolute atomic E-state index is 14.4. The number of rotatable bonds is 4. The number of carbonyl (C=O) groups is 1. The van der Waals surface area contributed by atoms with Crippen LogP contribution >= 0.6 is 0 Å². The minimum atomic E-state index is -4.15. The Labute approximate surface area is 272 Å². The van der Waals surface area contributed by atoms with Gasteiger partial charge in [0.1, 0.15) is 6.61 Å². The number of benzene rings is 2. The number of nitrogens with zero attached hydrogens (tertiary/aromatic N) is 4. The summed E-state index contributed by atoms with van der Waals surface area (Å²) in [5.74, 6) is -0.223. The molecule has 0 saturated heterocycles. The first kappa shape index (κ1) is 33.1. The van der Waals surface area contributed by atoms with Gasteiger partial charge in [0.05, 0.1) is 28.9 Å². The minimum Gasteiger partial charge on any atom is -0.475 e. The molecule has 10 heteroatoms. The monoisotopic (exact) mass is 641 g/mol. The number of ether oxygens (including phenoxy) is 1. The van der Waals surface area contributed by atoms with Crippen LogP contribution in [-0.2, 0) is 22.0 Å². The van der Waals surface area contributed by atoms with E-state index in [1.165, 1.54) is 12.1 Å². The molecular formula is C36H43N5O4S. The fourth-order valence-electron chi connectivity index (χ4n) is 5.68. The van der Waals surface area contributed by atoms with E-state index in [9.17, 15) is 13.2 Å². The fourth-order valence-corrected chi connectivity index (χ4v) is 6.67. The fraction of sp³-hybridized carbons (Fsp3) is 0.389. The molecule has 0 radical (unpaired) electrons. The minimum absolute atomic E-state index is 0.0675. The van der Waals surface area contributed by atoms with Crippen molar-refractivity contribution < 1.29 is 17.9 Å². The van der Waals surface area contributed by atoms with E-state index in [-0.39, 0.29) is 52.2 Å². The Bertz CT molecular complexity index is 1840. The van der Waals surface area contributed by atoms with Gasteiger partial charge < -0.3 is 9.64 Å². The molecule has 46 heavy (non-hydrogen) atoms. The van der Waals surface area contributed by atoms with E-state index >= 15 is 0 Å². The molecule has 0 saturated carbocycles. The van der Waals surface area contributed by atoms with Crippen molar-refractivity contribution in [2.75, 3.05) is 11.3 Å². The molecule has 5 rings (SSSR count). The van der Waals surface area contributed by atoms with Gasteiger partial charge in [-0.15, -0.1) is 0 Å². The summed E-state index contributed by atoms with van der Waals surface area (Å²) in [6, 6.07) is 17.3. The number of nitrogens with one attached hydrogen (secondary N) is 1. The van der Waals surface area contributed by atoms with Crippen molar-refractivity contribution in [1.82, 2.24) is 19.9 Å². The van der Waals surface area contributed by atoms with E-state index in [1.807, 2.05) is 50.4 Å². The first-order valence-corrected chi connectivity index (χ1v) is 17.0. The van der Waals surface area contributed by atoms with Crippen LogP contribution in [0.4, 0.5) is 5.95 Å². The summed E-state index contributed by atoms with van der Waals surface area (Å²) < 4.78 is 36.2. The van der Waals surface area contributed by atoms with Crippen LogP contribution in [0.25, 0.3) is 11.3 Å². The molecule has 1 aliphatic heterocycles. The number of carbonyl (C=O) groups excluding carboxylic acids is 1. The van der Waals surface area contributed by atoms with Gasteiger partial charge in [-0.25, -0.2) is 18.1 Å². The average molecular weight is 642 g/mol. The molecule has 3 heterocycles. The van der Waals surface area contributed by atoms with Gasteiger partial charge in [0.15, 0.2) is 0 Å². The zero-order chi connectivity index (χ0) is 33.4. The highest BCUT2D eigenvalue weighted by atomic mass is 32.2. The lowest BCUT2D eigenvalue weighted by Crippen LogP contribution is -2.45. The van der Waals surface area contributed by atoms with E-state index in [4.69, 9.17) is 9.72 Å². The first-order chi connectivity index (χ1) is 21.5. The van der Waals surface area contributed by atoms with Gasteiger partial charge in [-0.3, -0.25) is 9.78 Å². The third kappa shape index (κ3) is 7.55. The largest absolute Gasteiger partial charge is 0.475 e. The Morgan fingerprint density at radius 2 is 1.63 bits per heavy atom. The van der Waals surface area contributed by atoms with E-state index < -0.39 is 16.1 Å². The third-order valence-electron chi connectivity index (χ3n) is 8.05. The van der Waals surface area contributed by atoms with Gasteiger partial charge in [0.25, 0.3) is 15.9 Å². The quantitative estimate of drug-likeness (QED) is 0.253. The molecule has 242 valence electrons. The molecule has 1 aliphatic rings. The second-order valence-corrected chi connectivity index (χ2v) is 15.9. The standard InChI is InChI=1S/C36H43N5O4S/c1-23-11-9-12-24(2)32(23)30-18-31-39-34(38-30)40-46(43,44)29-14-10-13-25(17-29)33(42)41(28(22-45-31)19-35(3,4)5)21-27-16-15-26(20-37-27)36(6,7)8/h9-18,20,28H,19,21-22H2,1-8H3,(H,38,39,40)/t28-/m1/s1. The lowest BCUT2D eigenvalue weighted by molar-refractivity contribution is 0.0509. The van der Waals surface area contributed by atoms with Crippen molar-refractivity contribution in [3.63, 3.8) is 0 Å². The third-order valence-corrected chi connectivity index (χ3v) is 9.38. The maximum atomic E-state index is 14.4. The van der Waals surface area contributed by atoms with E-state index in [2.05, 4.69) is 56.2 Å². The van der Waals surface area contributed by atoms with E-state index in [0.717, 1.165) is 27.9 Å². The Balaban J connectivity index is 1.65. The number of hydrogen-bond donors (Lipinski definition) is 1. The van der Waals surface area contributed by atoms with E-state index in [0.29, 0.717) is 12.1 Å². The molecule has 1 amide bonds. The van der Waals surface area contributed by atoms with Crippen LogP contribution in [0.1, 0.15) is 80.7 Å². The molecule has 0 unspecified atom stereocenters. The lowest BCUT2D eigenvalue weighted by atomic mass is 9.87. The van der Waals surface area contributed by atoms with Crippen LogP contribution < -0.4 is 9.46 Å². The summed E-state index contributed by atoms with van der Waals surface area (Å²) in [5.41, 5.74) is 5.19. The zero-order valence-electron chi connectivity index (χ0n) is 27.9. The summed E-state index contributed by atoms with van der Waals surface area (Å²) >= 11 is 0. The average Bonchev–Trinajstić information content (AvgIpc) is 2.96. The molecule has 0 aliphatic carbocycles. The summed E-state index contributed by atoms with van der Waals surface area (Å²) in [7, 11) is -4.15. The smallest absolute Gasteiger partial charge is 0.264 e. The topological polar surface area (TPSA) is 114 Å². The predicted octanol–water partition coefficient (Wildman–Crippen LogP) is 7.09. The van der Waals surface area contributed by atoms with Crippen LogP contribution in [-0.4, -0.2) is 46.8 Å². The predicted molar refractivity (Wildman–Crippen MR) is 180 cm³/mol. The highest BCUT2D eigenvalue weighted by Gasteiger charge is 2.32. The Hall–Kier alpha value is -4.31. The van der Waals surface area contributed by atoms with Crippen molar-refractivity contribution in [3.05, 3.63) is 94.8 Å². The molecule has 0 spiro atoms. The zero-order valence-corrected chi connectivity index (χ0v) is 28.7. The molecular weight excluding hydrogens is 598 g/mol. The van der Waals surface area contributed by atoms with Crippen LogP contribution in [0.2, 0.25) is 0 Å². The number of amides is 1. The van der Waals surface area contributed by atoms with Gasteiger partial charge >= 0.3 is 0 Å². The Morgan fingerprint density at radius 3 is 2.26 bits per heavy atom. The van der Waals surface area contributed by atoms with Gasteiger partial charge in [-0.1, -0.05) is 71.9 Å². The Morgan fingerprint density at radius 1 is 0.935 bits per heavy atom. The Kier molecular flexibility index (Phi) is 8.96. The van der Waals surface area contributed by atoms with Crippen LogP contribution in [0.5, 0.6) is 5.88 Å². The number of pyridine rings is 1. The van der Waals surface area contributed by atoms with Gasteiger partial charge in [-0.05, 0) is 72.1 Å². The molecule has 9 nitrogen and oxygen atoms in total. The van der Waals surface area contributed by atoms with Crippen molar-refractivity contribution in [2.45, 2.75) is 84.7 Å². The van der Waals surface area contributed by atoms with Crippen molar-refractivity contribution in [1.29, 1.82) is 0 Å². The molecule has 4 aromatic rings. The number of fused-ring (bicyclic) bond motifs is 4. The summed E-state index contributed by atoms with van der Waals surface area (Å²) in [6.45, 7) is 17.0. The normalized spacial score (nSPS) is 16.8. The van der Waals surface area contributed by atoms with Crippen molar-refractivity contribution in [3.8, 4) is 17.1 Å². The number of aryl methyl sites for hydroxylation is 2.